The van der Waals surface area contributed by atoms with E-state index in [0.29, 0.717) is 31.1 Å². The van der Waals surface area contributed by atoms with Crippen molar-refractivity contribution in [3.8, 4) is 11.5 Å². The Morgan fingerprint density at radius 3 is 2.00 bits per heavy atom. The van der Waals surface area contributed by atoms with Crippen LogP contribution in [0, 0.1) is 0 Å². The highest BCUT2D eigenvalue weighted by molar-refractivity contribution is 5.93. The standard InChI is InChI=1S/C29H32O3/c1-2-3-4-11-16-27(30)19-17-24-18-20-28(31-22-25-12-7-5-8-13-25)29(21-24)32-23-26-14-9-6-10-15-26/h5-10,12-15,17-21H,2-4,11,16,22-23H2,1H3. The van der Waals surface area contributed by atoms with Crippen molar-refractivity contribution in [1.82, 2.24) is 0 Å². The van der Waals surface area contributed by atoms with Crippen LogP contribution < -0.4 is 9.47 Å². The Morgan fingerprint density at radius 2 is 1.38 bits per heavy atom. The van der Waals surface area contributed by atoms with Crippen molar-refractivity contribution in [3.63, 3.8) is 0 Å². The van der Waals surface area contributed by atoms with Gasteiger partial charge < -0.3 is 9.47 Å². The van der Waals surface area contributed by atoms with Crippen molar-refractivity contribution in [1.29, 1.82) is 0 Å². The van der Waals surface area contributed by atoms with E-state index in [1.54, 1.807) is 6.08 Å². The van der Waals surface area contributed by atoms with Crippen molar-refractivity contribution < 1.29 is 14.3 Å². The molecule has 0 aliphatic heterocycles. The van der Waals surface area contributed by atoms with Gasteiger partial charge in [-0.1, -0.05) is 99.0 Å². The smallest absolute Gasteiger partial charge is 0.162 e. The van der Waals surface area contributed by atoms with Crippen LogP contribution in [-0.4, -0.2) is 5.78 Å². The molecule has 32 heavy (non-hydrogen) atoms. The molecule has 0 aliphatic rings. The van der Waals surface area contributed by atoms with E-state index >= 15 is 0 Å². The molecule has 0 amide bonds. The largest absolute Gasteiger partial charge is 0.485 e. The van der Waals surface area contributed by atoms with Crippen LogP contribution in [0.15, 0.2) is 84.9 Å². The lowest BCUT2D eigenvalue weighted by molar-refractivity contribution is -0.114. The van der Waals surface area contributed by atoms with Gasteiger partial charge in [-0.15, -0.1) is 0 Å². The fraction of sp³-hybridized carbons (Fsp3) is 0.276. The SMILES string of the molecule is CCCCCCC(=O)C=Cc1ccc(OCc2ccccc2)c(OCc2ccccc2)c1. The van der Waals surface area contributed by atoms with E-state index in [1.165, 1.54) is 12.8 Å². The Hall–Kier alpha value is -3.33. The van der Waals surface area contributed by atoms with Crippen molar-refractivity contribution in [2.45, 2.75) is 52.2 Å². The summed E-state index contributed by atoms with van der Waals surface area (Å²) in [5.41, 5.74) is 3.10. The minimum absolute atomic E-state index is 0.164. The van der Waals surface area contributed by atoms with Crippen LogP contribution >= 0.6 is 0 Å². The van der Waals surface area contributed by atoms with E-state index in [0.717, 1.165) is 29.5 Å². The summed E-state index contributed by atoms with van der Waals surface area (Å²) in [4.78, 5) is 12.2. The third-order valence-corrected chi connectivity index (χ3v) is 5.18. The molecule has 0 heterocycles. The zero-order valence-electron chi connectivity index (χ0n) is 18.8. The monoisotopic (exact) mass is 428 g/mol. The first kappa shape index (κ1) is 23.3. The fourth-order valence-corrected chi connectivity index (χ4v) is 3.33. The second-order valence-corrected chi connectivity index (χ2v) is 7.87. The van der Waals surface area contributed by atoms with Gasteiger partial charge >= 0.3 is 0 Å². The van der Waals surface area contributed by atoms with Crippen molar-refractivity contribution >= 4 is 11.9 Å². The Morgan fingerprint density at radius 1 is 0.750 bits per heavy atom. The van der Waals surface area contributed by atoms with Crippen LogP contribution in [-0.2, 0) is 18.0 Å². The fourth-order valence-electron chi connectivity index (χ4n) is 3.33. The molecule has 0 bridgehead atoms. The molecule has 3 rings (SSSR count). The predicted molar refractivity (Wildman–Crippen MR) is 131 cm³/mol. The highest BCUT2D eigenvalue weighted by atomic mass is 16.5. The highest BCUT2D eigenvalue weighted by Gasteiger charge is 2.08. The molecule has 0 fully saturated rings. The molecular formula is C29H32O3. The van der Waals surface area contributed by atoms with Gasteiger partial charge in [-0.3, -0.25) is 4.79 Å². The number of hydrogen-bond acceptors (Lipinski definition) is 3. The van der Waals surface area contributed by atoms with Crippen molar-refractivity contribution in [2.75, 3.05) is 0 Å². The zero-order chi connectivity index (χ0) is 22.4. The maximum Gasteiger partial charge on any atom is 0.162 e. The average Bonchev–Trinajstić information content (AvgIpc) is 2.84. The highest BCUT2D eigenvalue weighted by Crippen LogP contribution is 2.30. The number of rotatable bonds is 13. The lowest BCUT2D eigenvalue weighted by Crippen LogP contribution is -2.01. The molecule has 3 heteroatoms. The predicted octanol–water partition coefficient (Wildman–Crippen LogP) is 7.40. The Bertz CT molecular complexity index is 978. The second-order valence-electron chi connectivity index (χ2n) is 7.87. The summed E-state index contributed by atoms with van der Waals surface area (Å²) >= 11 is 0. The summed E-state index contributed by atoms with van der Waals surface area (Å²) in [6.45, 7) is 3.09. The van der Waals surface area contributed by atoms with Gasteiger partial charge in [0.25, 0.3) is 0 Å². The van der Waals surface area contributed by atoms with Crippen LogP contribution in [0.3, 0.4) is 0 Å². The van der Waals surface area contributed by atoms with Gasteiger partial charge in [0.2, 0.25) is 0 Å². The van der Waals surface area contributed by atoms with Gasteiger partial charge in [0.1, 0.15) is 13.2 Å². The number of carbonyl (C=O) groups excluding carboxylic acids is 1. The van der Waals surface area contributed by atoms with Crippen molar-refractivity contribution in [3.05, 3.63) is 102 Å². The third-order valence-electron chi connectivity index (χ3n) is 5.18. The normalized spacial score (nSPS) is 10.9. The van der Waals surface area contributed by atoms with Crippen LogP contribution in [0.2, 0.25) is 0 Å². The molecule has 3 aromatic rings. The average molecular weight is 429 g/mol. The minimum Gasteiger partial charge on any atom is -0.485 e. The molecular weight excluding hydrogens is 396 g/mol. The first-order chi connectivity index (χ1) is 15.7. The molecule has 0 radical (unpaired) electrons. The van der Waals surface area contributed by atoms with E-state index in [4.69, 9.17) is 9.47 Å². The minimum atomic E-state index is 0.164. The molecule has 0 saturated heterocycles. The van der Waals surface area contributed by atoms with Gasteiger partial charge in [0.15, 0.2) is 17.3 Å². The van der Waals surface area contributed by atoms with E-state index in [1.807, 2.05) is 84.9 Å². The van der Waals surface area contributed by atoms with E-state index in [9.17, 15) is 4.79 Å². The maximum atomic E-state index is 12.2. The molecule has 3 nitrogen and oxygen atoms in total. The zero-order valence-corrected chi connectivity index (χ0v) is 18.8. The van der Waals surface area contributed by atoms with Gasteiger partial charge in [-0.2, -0.15) is 0 Å². The summed E-state index contributed by atoms with van der Waals surface area (Å²) in [7, 11) is 0. The Balaban J connectivity index is 1.68. The quantitative estimate of drug-likeness (QED) is 0.210. The van der Waals surface area contributed by atoms with Gasteiger partial charge in [-0.05, 0) is 41.3 Å². The number of ether oxygens (including phenoxy) is 2. The van der Waals surface area contributed by atoms with E-state index in [2.05, 4.69) is 6.92 Å². The first-order valence-corrected chi connectivity index (χ1v) is 11.4. The molecule has 3 aromatic carbocycles. The first-order valence-electron chi connectivity index (χ1n) is 11.4. The van der Waals surface area contributed by atoms with Crippen molar-refractivity contribution in [2.24, 2.45) is 0 Å². The number of carbonyl (C=O) groups is 1. The number of allylic oxidation sites excluding steroid dienone is 1. The second kappa shape index (κ2) is 13.2. The van der Waals surface area contributed by atoms with Crippen LogP contribution in [0.4, 0.5) is 0 Å². The van der Waals surface area contributed by atoms with Crippen LogP contribution in [0.5, 0.6) is 11.5 Å². The summed E-state index contributed by atoms with van der Waals surface area (Å²) in [5, 5.41) is 0. The molecule has 0 unspecified atom stereocenters. The van der Waals surface area contributed by atoms with Gasteiger partial charge in [0.05, 0.1) is 0 Å². The third kappa shape index (κ3) is 8.07. The Kier molecular flexibility index (Phi) is 9.60. The Labute approximate surface area is 191 Å². The van der Waals surface area contributed by atoms with Crippen LogP contribution in [0.1, 0.15) is 55.7 Å². The number of benzene rings is 3. The lowest BCUT2D eigenvalue weighted by Gasteiger charge is -2.14. The molecule has 0 atom stereocenters. The van der Waals surface area contributed by atoms with E-state index in [-0.39, 0.29) is 5.78 Å². The summed E-state index contributed by atoms with van der Waals surface area (Å²) in [6.07, 6.45) is 8.56. The molecule has 0 aliphatic carbocycles. The summed E-state index contributed by atoms with van der Waals surface area (Å²) in [5.74, 6) is 1.52. The molecule has 0 saturated carbocycles. The summed E-state index contributed by atoms with van der Waals surface area (Å²) in [6, 6.07) is 25.9. The topological polar surface area (TPSA) is 35.5 Å². The number of hydrogen-bond donors (Lipinski definition) is 0. The molecule has 0 N–H and O–H groups in total. The molecule has 166 valence electrons. The number of unbranched alkanes of at least 4 members (excludes halogenated alkanes) is 3. The lowest BCUT2D eigenvalue weighted by atomic mass is 10.1. The molecule has 0 spiro atoms. The van der Waals surface area contributed by atoms with E-state index < -0.39 is 0 Å². The van der Waals surface area contributed by atoms with Gasteiger partial charge in [-0.25, -0.2) is 0 Å². The van der Waals surface area contributed by atoms with Crippen LogP contribution in [0.25, 0.3) is 6.08 Å². The number of ketones is 1. The van der Waals surface area contributed by atoms with Gasteiger partial charge in [0, 0.05) is 6.42 Å². The summed E-state index contributed by atoms with van der Waals surface area (Å²) < 4.78 is 12.2. The maximum absolute atomic E-state index is 12.2. The molecule has 0 aromatic heterocycles.